The van der Waals surface area contributed by atoms with Gasteiger partial charge in [0.1, 0.15) is 36.0 Å². The van der Waals surface area contributed by atoms with E-state index in [2.05, 4.69) is 118 Å². The second-order valence-electron chi connectivity index (χ2n) is 17.3. The molecule has 0 amide bonds. The highest BCUT2D eigenvalue weighted by molar-refractivity contribution is 9.11. The van der Waals surface area contributed by atoms with Gasteiger partial charge in [-0.3, -0.25) is 9.97 Å². The van der Waals surface area contributed by atoms with Crippen molar-refractivity contribution in [1.82, 2.24) is 24.9 Å². The molecule has 0 unspecified atom stereocenters. The second kappa shape index (κ2) is 26.6. The third-order valence-corrected chi connectivity index (χ3v) is 15.3. The van der Waals surface area contributed by atoms with Crippen LogP contribution < -0.4 is 25.3 Å². The fraction of sp³-hybridized carbons (Fsp3) is 0.0943. The third kappa shape index (κ3) is 13.4. The molecule has 0 spiro atoms. The van der Waals surface area contributed by atoms with E-state index in [4.69, 9.17) is 5.73 Å². The third-order valence-electron chi connectivity index (χ3n) is 12.2. The molecule has 15 nitrogen and oxygen atoms in total. The van der Waals surface area contributed by atoms with Crippen molar-refractivity contribution in [3.8, 4) is 0 Å². The zero-order chi connectivity index (χ0) is 54.6. The van der Waals surface area contributed by atoms with Crippen LogP contribution in [0, 0.1) is 0 Å². The van der Waals surface area contributed by atoms with Crippen molar-refractivity contribution in [2.45, 2.75) is 32.1 Å². The number of nitrogens with one attached hydrogen (secondary N) is 1. The number of hydrogen-bond acceptors (Lipinski definition) is 15. The maximum absolute atomic E-state index is 11.4. The Morgan fingerprint density at radius 1 is 0.571 bits per heavy atom. The first-order valence-corrected chi connectivity index (χ1v) is 27.3. The highest BCUT2D eigenvalue weighted by Gasteiger charge is 2.24. The molecule has 5 heterocycles. The number of carbonyl (C=O) groups is 3. The van der Waals surface area contributed by atoms with Crippen molar-refractivity contribution in [3.05, 3.63) is 176 Å². The first-order chi connectivity index (χ1) is 37.3. The number of halogens is 4. The lowest BCUT2D eigenvalue weighted by Crippen LogP contribution is -2.41. The molecule has 3 radical (unpaired) electrons. The van der Waals surface area contributed by atoms with Crippen LogP contribution >= 0.6 is 63.7 Å². The van der Waals surface area contributed by atoms with E-state index in [-0.39, 0.29) is 0 Å². The summed E-state index contributed by atoms with van der Waals surface area (Å²) in [6, 6.07) is 38.1. The number of alkyl halides is 1. The fourth-order valence-corrected chi connectivity index (χ4v) is 10.6. The minimum absolute atomic E-state index is 0.429. The van der Waals surface area contributed by atoms with Crippen LogP contribution in [0.1, 0.15) is 16.7 Å². The van der Waals surface area contributed by atoms with Crippen LogP contribution in [0.3, 0.4) is 0 Å². The first kappa shape index (κ1) is 56.5. The van der Waals surface area contributed by atoms with Gasteiger partial charge >= 0.3 is 36.3 Å². The zero-order valence-corrected chi connectivity index (χ0v) is 47.7. The Labute approximate surface area is 481 Å². The number of pyridine rings is 5. The highest BCUT2D eigenvalue weighted by atomic mass is 79.9. The largest absolute Gasteiger partial charge is 0.433 e. The molecule has 10 aromatic rings. The Balaban J connectivity index is 0.000000158. The zero-order valence-electron chi connectivity index (χ0n) is 41.4. The first-order valence-electron chi connectivity index (χ1n) is 23.8. The molecule has 10 rings (SSSR count). The van der Waals surface area contributed by atoms with Crippen LogP contribution in [0.25, 0.3) is 54.1 Å². The van der Waals surface area contributed by atoms with Crippen LogP contribution in [-0.2, 0) is 32.8 Å². The topological polar surface area (TPSA) is 204 Å². The monoisotopic (exact) mass is 1270 g/mol. The number of carbonyl (C=O) groups excluding carboxylic acids is 3. The van der Waals surface area contributed by atoms with E-state index in [0.717, 1.165) is 104 Å². The molecular weight excluding hydrogens is 1230 g/mol. The number of nitrogens with zero attached hydrogens (tertiary/aromatic N) is 8. The van der Waals surface area contributed by atoms with Gasteiger partial charge in [0.25, 0.3) is 0 Å². The number of nitrogen functional groups attached to an aromatic ring is 1. The van der Waals surface area contributed by atoms with Crippen LogP contribution in [-0.4, -0.2) is 89.9 Å². The average Bonchev–Trinajstić information content (AvgIpc) is 3.45. The van der Waals surface area contributed by atoms with E-state index >= 15 is 0 Å². The lowest BCUT2D eigenvalue weighted by molar-refractivity contribution is 0.566. The summed E-state index contributed by atoms with van der Waals surface area (Å²) in [5.41, 5.74) is 12.9. The van der Waals surface area contributed by atoms with Crippen LogP contribution in [0.15, 0.2) is 160 Å². The average molecular weight is 1270 g/mol. The number of nitrogens with two attached hydrogens (primary N) is 1. The summed E-state index contributed by atoms with van der Waals surface area (Å²) in [5.74, 6) is 1.44. The van der Waals surface area contributed by atoms with Crippen molar-refractivity contribution in [1.29, 1.82) is 0 Å². The Morgan fingerprint density at radius 3 is 1.62 bits per heavy atom. The van der Waals surface area contributed by atoms with E-state index in [1.165, 1.54) is 37.3 Å². The molecule has 0 aliphatic rings. The number of rotatable bonds is 17. The molecule has 0 aliphatic carbocycles. The van der Waals surface area contributed by atoms with Crippen molar-refractivity contribution < 1.29 is 24.4 Å². The van der Waals surface area contributed by atoms with E-state index in [1.54, 1.807) is 38.4 Å². The molecule has 379 valence electrons. The summed E-state index contributed by atoms with van der Waals surface area (Å²) >= 11 is 14.1. The van der Waals surface area contributed by atoms with E-state index in [9.17, 15) is 24.4 Å². The standard InChI is InChI=1S/C22H18B3BrN4O3.C19H15BrN4.C12H11B2Br2N2O2/c1-25(33)30(24-14-32)22-21(26)18-10-15(6-7-16(18)11-28-22)12-29(23-13-31)20-8-9-27-19-5-3-2-4-17(19)20;20-18-15-9-12(5-6-13(15)11-24-19(18)21)10-23-17-7-8-22-16-4-2-1-3-14(16)17;1-14(20)18(13-7-19)12-11(16)10-4-8(5-15)2-3-9(10)6-17-12/h2-11,13-14,33H,12H2,1H3;1-9,11H,10H2,(H2,21,24)(H,22,23);2-4,6-7,20H,5H2,1H3. The second-order valence-corrected chi connectivity index (χ2v) is 20.2. The summed E-state index contributed by atoms with van der Waals surface area (Å²) in [4.78, 5) is 56.8. The van der Waals surface area contributed by atoms with Gasteiger partial charge in [0, 0.05) is 104 Å². The molecule has 0 saturated heterocycles. The normalized spacial score (nSPS) is 10.7. The van der Waals surface area contributed by atoms with Crippen molar-refractivity contribution in [2.24, 2.45) is 0 Å². The van der Waals surface area contributed by atoms with Crippen LogP contribution in [0.4, 0.5) is 28.8 Å². The number of benzene rings is 5. The van der Waals surface area contributed by atoms with Crippen LogP contribution in [0.5, 0.6) is 0 Å². The molecular formula is C53H44B5Br4N10O5. The molecule has 0 aliphatic heterocycles. The van der Waals surface area contributed by atoms with Crippen molar-refractivity contribution in [2.75, 3.05) is 25.3 Å². The Kier molecular flexibility index (Phi) is 19.5. The van der Waals surface area contributed by atoms with Gasteiger partial charge in [0.05, 0.1) is 24.5 Å². The smallest absolute Gasteiger partial charge is 0.397 e. The van der Waals surface area contributed by atoms with Gasteiger partial charge in [0.2, 0.25) is 0 Å². The molecule has 5 aromatic heterocycles. The fourth-order valence-electron chi connectivity index (χ4n) is 8.46. The Bertz CT molecular complexity index is 3750. The van der Waals surface area contributed by atoms with Gasteiger partial charge in [-0.15, -0.1) is 0 Å². The number of fused-ring (bicyclic) bond motifs is 5. The maximum atomic E-state index is 11.4. The van der Waals surface area contributed by atoms with E-state index < -0.39 is 14.1 Å². The van der Waals surface area contributed by atoms with Gasteiger partial charge in [0.15, 0.2) is 0 Å². The van der Waals surface area contributed by atoms with E-state index in [0.29, 0.717) is 40.8 Å². The molecule has 5 aromatic carbocycles. The Hall–Kier alpha value is -6.68. The summed E-state index contributed by atoms with van der Waals surface area (Å²) in [5, 5.41) is 32.0. The van der Waals surface area contributed by atoms with Gasteiger partial charge < -0.3 is 49.7 Å². The maximum Gasteiger partial charge on any atom is 0.397 e. The molecule has 0 atom stereocenters. The SMILES string of the molecule is CB(O)N([B]C=O)c1ncc2ccc(CBr)cc2c1Br.CB(O)N([B]C=O)c1ncc2ccc(CN([B]C=O)c3ccnc4ccccc34)cc2c1Br.Nc1ncc2ccc(CNc3ccnc4ccccc34)cc2c1Br. The predicted octanol–water partition coefficient (Wildman–Crippen LogP) is 10.4. The Morgan fingerprint density at radius 2 is 1.05 bits per heavy atom. The number of hydrogen-bond donors (Lipinski definition) is 4. The minimum atomic E-state index is -0.933. The summed E-state index contributed by atoms with van der Waals surface area (Å²) in [6.07, 6.45) is 10.8. The van der Waals surface area contributed by atoms with Gasteiger partial charge in [-0.2, -0.15) is 0 Å². The molecule has 0 bridgehead atoms. The van der Waals surface area contributed by atoms with Crippen molar-refractivity contribution in [3.63, 3.8) is 0 Å². The lowest BCUT2D eigenvalue weighted by Gasteiger charge is -2.25. The molecule has 5 N–H and O–H groups in total. The number of anilines is 5. The van der Waals surface area contributed by atoms with Gasteiger partial charge in [-0.1, -0.05) is 88.7 Å². The summed E-state index contributed by atoms with van der Waals surface area (Å²) in [6.45, 7) is 4.31. The lowest BCUT2D eigenvalue weighted by atomic mass is 9.73. The molecule has 24 heteroatoms. The quantitative estimate of drug-likeness (QED) is 0.0380. The predicted molar refractivity (Wildman–Crippen MR) is 333 cm³/mol. The highest BCUT2D eigenvalue weighted by Crippen LogP contribution is 2.35. The summed E-state index contributed by atoms with van der Waals surface area (Å²) in [7, 11) is 2.23. The van der Waals surface area contributed by atoms with Gasteiger partial charge in [-0.25, -0.2) is 15.0 Å². The van der Waals surface area contributed by atoms with E-state index in [1.807, 2.05) is 102 Å². The molecule has 0 saturated carbocycles. The molecule has 0 fully saturated rings. The minimum Gasteiger partial charge on any atom is -0.433 e. The summed E-state index contributed by atoms with van der Waals surface area (Å²) < 4.78 is 5.05. The van der Waals surface area contributed by atoms with Gasteiger partial charge in [-0.05, 0) is 121 Å². The van der Waals surface area contributed by atoms with Crippen LogP contribution in [0.2, 0.25) is 13.6 Å². The number of aromatic nitrogens is 5. The number of para-hydroxylation sites is 2. The van der Waals surface area contributed by atoms with Crippen molar-refractivity contribution >= 4 is 202 Å². The molecule has 77 heavy (non-hydrogen) atoms.